The Morgan fingerprint density at radius 1 is 1.13 bits per heavy atom. The number of nitrogens with zero attached hydrogens (tertiary/aromatic N) is 4. The summed E-state index contributed by atoms with van der Waals surface area (Å²) in [5.74, 6) is -0.517. The molecule has 252 valence electrons. The van der Waals surface area contributed by atoms with Crippen LogP contribution in [0.25, 0.3) is 22.6 Å². The Balaban J connectivity index is 1.57. The normalized spacial score (nSPS) is 17.9. The number of fused-ring (bicyclic) bond motifs is 1. The van der Waals surface area contributed by atoms with E-state index in [1.165, 1.54) is 11.1 Å². The van der Waals surface area contributed by atoms with Gasteiger partial charge >= 0.3 is 18.4 Å². The average molecular weight is 684 g/mol. The van der Waals surface area contributed by atoms with Gasteiger partial charge in [0.15, 0.2) is 5.13 Å². The minimum atomic E-state index is -5.13. The second-order valence-corrected chi connectivity index (χ2v) is 13.1. The first-order chi connectivity index (χ1) is 21.9. The Morgan fingerprint density at radius 2 is 1.85 bits per heavy atom. The summed E-state index contributed by atoms with van der Waals surface area (Å²) < 4.78 is 87.9. The lowest BCUT2D eigenvalue weighted by molar-refractivity contribution is -0.143. The lowest BCUT2D eigenvalue weighted by Crippen LogP contribution is -2.42. The van der Waals surface area contributed by atoms with Crippen LogP contribution in [-0.2, 0) is 17.1 Å². The summed E-state index contributed by atoms with van der Waals surface area (Å²) in [5, 5.41) is 28.6. The number of halogens is 6. The molecule has 2 atom stereocenters. The van der Waals surface area contributed by atoms with Gasteiger partial charge in [0.2, 0.25) is 5.88 Å². The van der Waals surface area contributed by atoms with E-state index in [-0.39, 0.29) is 40.8 Å². The van der Waals surface area contributed by atoms with Gasteiger partial charge in [0.05, 0.1) is 41.5 Å². The zero-order chi connectivity index (χ0) is 34.5. The number of thiazole rings is 1. The van der Waals surface area contributed by atoms with E-state index >= 15 is 0 Å². The highest BCUT2D eigenvalue weighted by Crippen LogP contribution is 2.44. The van der Waals surface area contributed by atoms with Crippen LogP contribution in [0, 0.1) is 0 Å². The van der Waals surface area contributed by atoms with Crippen LogP contribution in [-0.4, -0.2) is 74.3 Å². The number of carbonyl (C=O) groups is 1. The second-order valence-electron chi connectivity index (χ2n) is 12.1. The molecule has 2 unspecified atom stereocenters. The zero-order valence-corrected chi connectivity index (χ0v) is 26.4. The van der Waals surface area contributed by atoms with E-state index in [0.29, 0.717) is 29.0 Å². The van der Waals surface area contributed by atoms with Crippen LogP contribution in [0.4, 0.5) is 36.3 Å². The number of likely N-dealkylation sites (tertiary alicyclic amines) is 1. The van der Waals surface area contributed by atoms with Gasteiger partial charge in [-0.1, -0.05) is 23.5 Å². The fourth-order valence-electron chi connectivity index (χ4n) is 5.32. The van der Waals surface area contributed by atoms with Gasteiger partial charge in [-0.25, -0.2) is 4.79 Å². The van der Waals surface area contributed by atoms with Crippen molar-refractivity contribution in [2.75, 3.05) is 25.1 Å². The Morgan fingerprint density at radius 3 is 2.49 bits per heavy atom. The third-order valence-corrected chi connectivity index (χ3v) is 8.83. The topological polar surface area (TPSA) is 115 Å². The van der Waals surface area contributed by atoms with Crippen LogP contribution < -0.4 is 4.90 Å². The number of aliphatic hydroxyl groups is 1. The molecule has 0 radical (unpaired) electrons. The molecule has 1 aliphatic heterocycles. The highest BCUT2D eigenvalue weighted by atomic mass is 32.1. The smallest absolute Gasteiger partial charge is 0.417 e. The highest BCUT2D eigenvalue weighted by Gasteiger charge is 2.40. The average Bonchev–Trinajstić information content (AvgIpc) is 3.71. The fraction of sp³-hybridized carbons (Fsp3) is 0.387. The molecule has 4 aromatic rings. The molecule has 1 aliphatic rings. The minimum absolute atomic E-state index is 0.0581. The maximum atomic E-state index is 14.1. The van der Waals surface area contributed by atoms with Crippen LogP contribution in [0.3, 0.4) is 0 Å². The zero-order valence-electron chi connectivity index (χ0n) is 25.6. The van der Waals surface area contributed by atoms with Crippen LogP contribution in [0.5, 0.6) is 5.88 Å². The number of hydrogen-bond acceptors (Lipinski definition) is 8. The quantitative estimate of drug-likeness (QED) is 0.146. The third kappa shape index (κ3) is 7.32. The molecule has 9 nitrogen and oxygen atoms in total. The SMILES string of the molecule is CN(c1nc(O)c(C(=Cc2ccc(C(F)(F)F)cc2C(F)(F)F)c2ccc3[nH]ncc3c2)s1)C1CC(CO)N(C(=O)OC(C)(C)C)C1. The standard InChI is InChI=1S/C31H31F6N5O4S/c1-29(2,3)46-28(45)42-14-20(12-21(42)15-43)41(4)27-39-26(44)25(47-27)22(16-6-8-24-18(9-16)13-38-40-24)10-17-5-7-19(30(32,33)34)11-23(17)31(35,36)37/h5-11,13,20-21,43-44H,12,14-15H2,1-4H3,(H,38,40). The molecule has 2 aromatic heterocycles. The highest BCUT2D eigenvalue weighted by molar-refractivity contribution is 7.17. The molecule has 1 amide bonds. The van der Waals surface area contributed by atoms with Crippen molar-refractivity contribution in [3.8, 4) is 5.88 Å². The van der Waals surface area contributed by atoms with Crippen LogP contribution >= 0.6 is 11.3 Å². The number of hydrogen-bond donors (Lipinski definition) is 3. The molecule has 3 N–H and O–H groups in total. The first-order valence-corrected chi connectivity index (χ1v) is 15.1. The number of likely N-dealkylation sites (N-methyl/N-ethyl adjacent to an activating group) is 1. The summed E-state index contributed by atoms with van der Waals surface area (Å²) in [6, 6.07) is 5.27. The van der Waals surface area contributed by atoms with Crippen molar-refractivity contribution in [1.29, 1.82) is 0 Å². The van der Waals surface area contributed by atoms with Gasteiger partial charge in [-0.3, -0.25) is 5.10 Å². The Hall–Kier alpha value is -4.31. The summed E-state index contributed by atoms with van der Waals surface area (Å²) in [6.45, 7) is 4.99. The number of aromatic amines is 1. The number of aromatic hydroxyl groups is 1. The monoisotopic (exact) mass is 683 g/mol. The Kier molecular flexibility index (Phi) is 8.96. The lowest BCUT2D eigenvalue weighted by atomic mass is 9.96. The fourth-order valence-corrected chi connectivity index (χ4v) is 6.35. The molecule has 1 saturated heterocycles. The molecular weight excluding hydrogens is 652 g/mol. The number of aromatic nitrogens is 3. The summed E-state index contributed by atoms with van der Waals surface area (Å²) in [5.41, 5.74) is -3.23. The third-order valence-electron chi connectivity index (χ3n) is 7.66. The molecule has 16 heteroatoms. The number of anilines is 1. The number of ether oxygens (including phenoxy) is 1. The Bertz CT molecular complexity index is 1810. The summed E-state index contributed by atoms with van der Waals surface area (Å²) in [7, 11) is 1.66. The summed E-state index contributed by atoms with van der Waals surface area (Å²) in [6.07, 6.45) is -7.83. The van der Waals surface area contributed by atoms with Crippen LogP contribution in [0.2, 0.25) is 0 Å². The summed E-state index contributed by atoms with van der Waals surface area (Å²) >= 11 is 0.948. The van der Waals surface area contributed by atoms with Crippen molar-refractivity contribution in [2.45, 2.75) is 57.2 Å². The molecule has 0 spiro atoms. The number of nitrogens with one attached hydrogen (secondary N) is 1. The largest absolute Gasteiger partial charge is 0.492 e. The van der Waals surface area contributed by atoms with Gasteiger partial charge < -0.3 is 24.7 Å². The van der Waals surface area contributed by atoms with Crippen molar-refractivity contribution < 1.29 is 46.1 Å². The molecular formula is C31H31F6N5O4S. The number of benzene rings is 2. The van der Waals surface area contributed by atoms with E-state index in [2.05, 4.69) is 15.2 Å². The minimum Gasteiger partial charge on any atom is -0.492 e. The van der Waals surface area contributed by atoms with E-state index < -0.39 is 52.7 Å². The predicted octanol–water partition coefficient (Wildman–Crippen LogP) is 7.16. The number of carbonyl (C=O) groups excluding carboxylic acids is 1. The second kappa shape index (κ2) is 12.4. The van der Waals surface area contributed by atoms with E-state index in [1.54, 1.807) is 50.9 Å². The maximum absolute atomic E-state index is 14.1. The number of H-pyrrole nitrogens is 1. The maximum Gasteiger partial charge on any atom is 0.417 e. The van der Waals surface area contributed by atoms with Gasteiger partial charge in [-0.05, 0) is 68.7 Å². The molecule has 0 bridgehead atoms. The number of rotatable bonds is 6. The Labute approximate surface area is 269 Å². The van der Waals surface area contributed by atoms with Crippen molar-refractivity contribution in [3.05, 3.63) is 69.7 Å². The molecule has 47 heavy (non-hydrogen) atoms. The summed E-state index contributed by atoms with van der Waals surface area (Å²) in [4.78, 5) is 20.3. The van der Waals surface area contributed by atoms with Gasteiger partial charge in [-0.2, -0.15) is 36.4 Å². The molecule has 5 rings (SSSR count). The molecule has 1 fully saturated rings. The molecule has 0 saturated carbocycles. The van der Waals surface area contributed by atoms with Crippen molar-refractivity contribution in [2.24, 2.45) is 0 Å². The van der Waals surface area contributed by atoms with Gasteiger partial charge in [0.1, 0.15) is 10.5 Å². The van der Waals surface area contributed by atoms with Crippen LogP contribution in [0.1, 0.15) is 54.3 Å². The molecule has 0 aliphatic carbocycles. The number of aliphatic hydroxyl groups excluding tert-OH is 1. The first kappa shape index (κ1) is 34.0. The molecule has 3 heterocycles. The lowest BCUT2D eigenvalue weighted by Gasteiger charge is -2.28. The number of amides is 1. The van der Waals surface area contributed by atoms with Gasteiger partial charge in [-0.15, -0.1) is 0 Å². The van der Waals surface area contributed by atoms with E-state index in [9.17, 15) is 41.4 Å². The van der Waals surface area contributed by atoms with E-state index in [1.807, 2.05) is 0 Å². The van der Waals surface area contributed by atoms with Crippen LogP contribution in [0.15, 0.2) is 42.6 Å². The number of alkyl halides is 6. The first-order valence-electron chi connectivity index (χ1n) is 14.3. The van der Waals surface area contributed by atoms with Crippen molar-refractivity contribution >= 4 is 45.1 Å². The van der Waals surface area contributed by atoms with Crippen molar-refractivity contribution in [1.82, 2.24) is 20.1 Å². The van der Waals surface area contributed by atoms with Gasteiger partial charge in [0.25, 0.3) is 0 Å². The molecule has 2 aromatic carbocycles. The van der Waals surface area contributed by atoms with Crippen molar-refractivity contribution in [3.63, 3.8) is 0 Å². The van der Waals surface area contributed by atoms with E-state index in [4.69, 9.17) is 4.74 Å². The predicted molar refractivity (Wildman–Crippen MR) is 164 cm³/mol. The van der Waals surface area contributed by atoms with E-state index in [0.717, 1.165) is 23.5 Å². The van der Waals surface area contributed by atoms with Gasteiger partial charge in [0, 0.05) is 24.6 Å².